The van der Waals surface area contributed by atoms with Gasteiger partial charge in [-0.15, -0.1) is 0 Å². The molecule has 0 N–H and O–H groups in total. The van der Waals surface area contributed by atoms with E-state index in [4.69, 9.17) is 4.74 Å². The summed E-state index contributed by atoms with van der Waals surface area (Å²) in [6, 6.07) is 7.91. The minimum Gasteiger partial charge on any atom is -0.381 e. The average Bonchev–Trinajstić information content (AvgIpc) is 2.47. The van der Waals surface area contributed by atoms with Crippen molar-refractivity contribution in [3.8, 4) is 0 Å². The molecule has 2 rings (SSSR count). The van der Waals surface area contributed by atoms with Gasteiger partial charge in [0, 0.05) is 0 Å². The maximum absolute atomic E-state index is 13.4. The molecule has 0 aliphatic carbocycles. The molecule has 21 heavy (non-hydrogen) atoms. The summed E-state index contributed by atoms with van der Waals surface area (Å²) >= 11 is 0. The van der Waals surface area contributed by atoms with E-state index >= 15 is 0 Å². The average molecular weight is 298 g/mol. The minimum atomic E-state index is -0.894. The van der Waals surface area contributed by atoms with E-state index in [9.17, 15) is 17.6 Å². The monoisotopic (exact) mass is 298 g/mol. The highest BCUT2D eigenvalue weighted by atomic mass is 19.2. The highest BCUT2D eigenvalue weighted by Crippen LogP contribution is 2.13. The first-order valence-electron chi connectivity index (χ1n) is 6.53. The summed E-state index contributed by atoms with van der Waals surface area (Å²) in [4.78, 5) is 0. The molecular formula is C16H14F4O. The SMILES string of the molecule is Fc1cccc(CCOCCc2cccc(F)c2F)c1F. The van der Waals surface area contributed by atoms with Crippen molar-refractivity contribution in [2.45, 2.75) is 12.8 Å². The Hall–Kier alpha value is -1.88. The largest absolute Gasteiger partial charge is 0.381 e. The number of rotatable bonds is 6. The standard InChI is InChI=1S/C16H14F4O/c17-13-5-1-3-11(15(13)19)7-9-21-10-8-12-4-2-6-14(18)16(12)20/h1-6H,7-10H2. The van der Waals surface area contributed by atoms with Crippen LogP contribution in [0.2, 0.25) is 0 Å². The van der Waals surface area contributed by atoms with Crippen LogP contribution in [0.3, 0.4) is 0 Å². The Balaban J connectivity index is 1.78. The van der Waals surface area contributed by atoms with Crippen LogP contribution in [0.4, 0.5) is 17.6 Å². The van der Waals surface area contributed by atoms with E-state index in [2.05, 4.69) is 0 Å². The molecule has 0 atom stereocenters. The quantitative estimate of drug-likeness (QED) is 0.577. The molecule has 0 saturated carbocycles. The molecular weight excluding hydrogens is 284 g/mol. The maximum Gasteiger partial charge on any atom is 0.162 e. The lowest BCUT2D eigenvalue weighted by molar-refractivity contribution is 0.139. The van der Waals surface area contributed by atoms with Gasteiger partial charge < -0.3 is 4.74 Å². The normalized spacial score (nSPS) is 10.9. The molecule has 0 heterocycles. The fourth-order valence-corrected chi connectivity index (χ4v) is 1.95. The molecule has 1 nitrogen and oxygen atoms in total. The summed E-state index contributed by atoms with van der Waals surface area (Å²) in [5.74, 6) is -3.54. The molecule has 0 bridgehead atoms. The van der Waals surface area contributed by atoms with Crippen LogP contribution >= 0.6 is 0 Å². The molecule has 0 saturated heterocycles. The third-order valence-electron chi connectivity index (χ3n) is 3.09. The highest BCUT2D eigenvalue weighted by Gasteiger charge is 2.08. The smallest absolute Gasteiger partial charge is 0.162 e. The lowest BCUT2D eigenvalue weighted by Crippen LogP contribution is -2.06. The van der Waals surface area contributed by atoms with Gasteiger partial charge in [-0.1, -0.05) is 24.3 Å². The minimum absolute atomic E-state index is 0.178. The molecule has 0 spiro atoms. The Morgan fingerprint density at radius 3 is 1.52 bits per heavy atom. The number of halogens is 4. The first-order chi connectivity index (χ1) is 10.1. The number of ether oxygens (including phenoxy) is 1. The predicted molar refractivity (Wildman–Crippen MR) is 70.9 cm³/mol. The Morgan fingerprint density at radius 2 is 1.10 bits per heavy atom. The van der Waals surface area contributed by atoms with E-state index in [0.29, 0.717) is 0 Å². The number of benzene rings is 2. The first kappa shape index (κ1) is 15.5. The highest BCUT2D eigenvalue weighted by molar-refractivity contribution is 5.20. The van der Waals surface area contributed by atoms with Gasteiger partial charge >= 0.3 is 0 Å². The zero-order chi connectivity index (χ0) is 15.2. The summed E-state index contributed by atoms with van der Waals surface area (Å²) in [7, 11) is 0. The summed E-state index contributed by atoms with van der Waals surface area (Å²) in [6.07, 6.45) is 0.435. The Morgan fingerprint density at radius 1 is 0.667 bits per heavy atom. The third-order valence-corrected chi connectivity index (χ3v) is 3.09. The van der Waals surface area contributed by atoms with E-state index in [1.54, 1.807) is 0 Å². The molecule has 5 heteroatoms. The number of hydrogen-bond donors (Lipinski definition) is 0. The van der Waals surface area contributed by atoms with Crippen LogP contribution in [0, 0.1) is 23.3 Å². The summed E-state index contributed by atoms with van der Waals surface area (Å²) < 4.78 is 57.9. The van der Waals surface area contributed by atoms with E-state index in [1.165, 1.54) is 24.3 Å². The summed E-state index contributed by atoms with van der Waals surface area (Å²) in [5.41, 5.74) is 0.457. The number of hydrogen-bond acceptors (Lipinski definition) is 1. The van der Waals surface area contributed by atoms with Crippen molar-refractivity contribution in [3.05, 3.63) is 70.8 Å². The Bertz CT molecular complexity index is 560. The molecule has 0 aromatic heterocycles. The van der Waals surface area contributed by atoms with Gasteiger partial charge in [0.1, 0.15) is 0 Å². The van der Waals surface area contributed by atoms with Crippen molar-refractivity contribution in [2.75, 3.05) is 13.2 Å². The van der Waals surface area contributed by atoms with E-state index in [-0.39, 0.29) is 37.2 Å². The van der Waals surface area contributed by atoms with Gasteiger partial charge in [0.15, 0.2) is 23.3 Å². The van der Waals surface area contributed by atoms with Crippen LogP contribution in [0.25, 0.3) is 0 Å². The second kappa shape index (κ2) is 7.22. The van der Waals surface area contributed by atoms with Crippen LogP contribution < -0.4 is 0 Å². The van der Waals surface area contributed by atoms with E-state index in [1.807, 2.05) is 0 Å². The molecule has 112 valence electrons. The second-order valence-corrected chi connectivity index (χ2v) is 4.54. The summed E-state index contributed by atoms with van der Waals surface area (Å²) in [6.45, 7) is 0.356. The van der Waals surface area contributed by atoms with Crippen LogP contribution in [0.1, 0.15) is 11.1 Å². The Kier molecular flexibility index (Phi) is 5.33. The maximum atomic E-state index is 13.4. The van der Waals surface area contributed by atoms with Crippen LogP contribution in [-0.4, -0.2) is 13.2 Å². The lowest BCUT2D eigenvalue weighted by Gasteiger charge is -2.07. The molecule has 0 aliphatic rings. The van der Waals surface area contributed by atoms with Gasteiger partial charge in [0.2, 0.25) is 0 Å². The molecule has 2 aromatic rings. The zero-order valence-electron chi connectivity index (χ0n) is 11.2. The van der Waals surface area contributed by atoms with Crippen molar-refractivity contribution in [2.24, 2.45) is 0 Å². The second-order valence-electron chi connectivity index (χ2n) is 4.54. The topological polar surface area (TPSA) is 9.23 Å². The van der Waals surface area contributed by atoms with Gasteiger partial charge in [-0.3, -0.25) is 0 Å². The fourth-order valence-electron chi connectivity index (χ4n) is 1.95. The van der Waals surface area contributed by atoms with Gasteiger partial charge in [-0.2, -0.15) is 0 Å². The van der Waals surface area contributed by atoms with Crippen molar-refractivity contribution >= 4 is 0 Å². The molecule has 0 aliphatic heterocycles. The Labute approximate surface area is 120 Å². The molecule has 0 fully saturated rings. The van der Waals surface area contributed by atoms with Crippen molar-refractivity contribution in [1.82, 2.24) is 0 Å². The van der Waals surface area contributed by atoms with Crippen molar-refractivity contribution in [1.29, 1.82) is 0 Å². The zero-order valence-corrected chi connectivity index (χ0v) is 11.2. The van der Waals surface area contributed by atoms with Crippen molar-refractivity contribution in [3.63, 3.8) is 0 Å². The molecule has 0 amide bonds. The lowest BCUT2D eigenvalue weighted by atomic mass is 10.1. The fraction of sp³-hybridized carbons (Fsp3) is 0.250. The molecule has 0 radical (unpaired) electrons. The summed E-state index contributed by atoms with van der Waals surface area (Å²) in [5, 5.41) is 0. The molecule has 0 unspecified atom stereocenters. The van der Waals surface area contributed by atoms with Crippen LogP contribution in [-0.2, 0) is 17.6 Å². The van der Waals surface area contributed by atoms with Crippen LogP contribution in [0.15, 0.2) is 36.4 Å². The van der Waals surface area contributed by atoms with E-state index in [0.717, 1.165) is 12.1 Å². The van der Waals surface area contributed by atoms with Gasteiger partial charge in [0.25, 0.3) is 0 Å². The third kappa shape index (κ3) is 4.04. The first-order valence-corrected chi connectivity index (χ1v) is 6.53. The molecule has 2 aromatic carbocycles. The van der Waals surface area contributed by atoms with Gasteiger partial charge in [0.05, 0.1) is 13.2 Å². The van der Waals surface area contributed by atoms with Crippen molar-refractivity contribution < 1.29 is 22.3 Å². The van der Waals surface area contributed by atoms with Gasteiger partial charge in [-0.25, -0.2) is 17.6 Å². The predicted octanol–water partition coefficient (Wildman–Crippen LogP) is 4.04. The van der Waals surface area contributed by atoms with E-state index < -0.39 is 23.3 Å². The van der Waals surface area contributed by atoms with Crippen LogP contribution in [0.5, 0.6) is 0 Å². The van der Waals surface area contributed by atoms with Gasteiger partial charge in [-0.05, 0) is 36.1 Å².